The average molecular weight is 396 g/mol. The van der Waals surface area contributed by atoms with E-state index >= 15 is 0 Å². The first-order chi connectivity index (χ1) is 13.5. The second-order valence-electron chi connectivity index (χ2n) is 6.03. The summed E-state index contributed by atoms with van der Waals surface area (Å²) in [5.41, 5.74) is 2.52. The Balaban J connectivity index is 1.72. The number of hydrogen-bond acceptors (Lipinski definition) is 4. The molecule has 142 valence electrons. The third-order valence-electron chi connectivity index (χ3n) is 4.03. The molecule has 6 nitrogen and oxygen atoms in total. The van der Waals surface area contributed by atoms with Gasteiger partial charge in [-0.25, -0.2) is 0 Å². The maximum Gasteiger partial charge on any atom is 0.274 e. The summed E-state index contributed by atoms with van der Waals surface area (Å²) in [6.07, 6.45) is 1.42. The molecule has 2 amide bonds. The van der Waals surface area contributed by atoms with Gasteiger partial charge < -0.3 is 15.4 Å². The molecule has 0 radical (unpaired) electrons. The number of benzene rings is 2. The minimum Gasteiger partial charge on any atom is -0.497 e. The molecule has 0 aliphatic carbocycles. The summed E-state index contributed by atoms with van der Waals surface area (Å²) in [6, 6.07) is 15.1. The minimum atomic E-state index is -0.418. The Morgan fingerprint density at radius 1 is 0.929 bits per heavy atom. The lowest BCUT2D eigenvalue weighted by molar-refractivity contribution is 0.102. The largest absolute Gasteiger partial charge is 0.497 e. The molecule has 0 fully saturated rings. The van der Waals surface area contributed by atoms with Gasteiger partial charge in [0.2, 0.25) is 0 Å². The predicted octanol–water partition coefficient (Wildman–Crippen LogP) is 4.56. The molecule has 0 atom stereocenters. The second-order valence-corrected chi connectivity index (χ2v) is 6.44. The van der Waals surface area contributed by atoms with E-state index in [0.717, 1.165) is 5.56 Å². The van der Waals surface area contributed by atoms with Crippen LogP contribution in [0.15, 0.2) is 60.8 Å². The Morgan fingerprint density at radius 2 is 1.61 bits per heavy atom. The quantitative estimate of drug-likeness (QED) is 0.663. The topological polar surface area (TPSA) is 80.3 Å². The molecule has 0 saturated heterocycles. The Labute approximate surface area is 167 Å². The summed E-state index contributed by atoms with van der Waals surface area (Å²) < 4.78 is 5.09. The number of anilines is 2. The number of halogens is 1. The monoisotopic (exact) mass is 395 g/mol. The molecule has 0 spiro atoms. The van der Waals surface area contributed by atoms with Crippen LogP contribution < -0.4 is 15.4 Å². The van der Waals surface area contributed by atoms with Crippen molar-refractivity contribution >= 4 is 34.8 Å². The predicted molar refractivity (Wildman–Crippen MR) is 109 cm³/mol. The summed E-state index contributed by atoms with van der Waals surface area (Å²) in [6.45, 7) is 1.88. The van der Waals surface area contributed by atoms with Crippen molar-refractivity contribution in [1.29, 1.82) is 0 Å². The summed E-state index contributed by atoms with van der Waals surface area (Å²) >= 11 is 6.08. The van der Waals surface area contributed by atoms with Gasteiger partial charge in [0.15, 0.2) is 0 Å². The Kier molecular flexibility index (Phi) is 5.91. The number of carbonyl (C=O) groups excluding carboxylic acids is 2. The summed E-state index contributed by atoms with van der Waals surface area (Å²) in [4.78, 5) is 29.0. The van der Waals surface area contributed by atoms with Crippen LogP contribution in [0.4, 0.5) is 11.4 Å². The maximum atomic E-state index is 12.5. The normalized spacial score (nSPS) is 10.2. The van der Waals surface area contributed by atoms with E-state index in [-0.39, 0.29) is 11.6 Å². The highest BCUT2D eigenvalue weighted by Gasteiger charge is 2.13. The van der Waals surface area contributed by atoms with Gasteiger partial charge in [-0.3, -0.25) is 14.6 Å². The third-order valence-corrected chi connectivity index (χ3v) is 4.44. The average Bonchev–Trinajstić information content (AvgIpc) is 2.71. The van der Waals surface area contributed by atoms with Crippen molar-refractivity contribution in [2.45, 2.75) is 6.92 Å². The zero-order valence-electron chi connectivity index (χ0n) is 15.3. The van der Waals surface area contributed by atoms with Gasteiger partial charge in [0.25, 0.3) is 11.8 Å². The van der Waals surface area contributed by atoms with Crippen LogP contribution in [-0.4, -0.2) is 23.9 Å². The van der Waals surface area contributed by atoms with Gasteiger partial charge in [0, 0.05) is 28.2 Å². The number of methoxy groups -OCH3 is 1. The zero-order valence-corrected chi connectivity index (χ0v) is 16.1. The third kappa shape index (κ3) is 4.66. The van der Waals surface area contributed by atoms with Crippen LogP contribution in [0.2, 0.25) is 5.02 Å². The molecule has 2 aromatic carbocycles. The van der Waals surface area contributed by atoms with Gasteiger partial charge in [0.1, 0.15) is 11.4 Å². The molecule has 7 heteroatoms. The number of ether oxygens (including phenoxy) is 1. The van der Waals surface area contributed by atoms with Gasteiger partial charge >= 0.3 is 0 Å². The molecule has 0 bridgehead atoms. The highest BCUT2D eigenvalue weighted by molar-refractivity contribution is 6.31. The number of amides is 2. The molecule has 0 unspecified atom stereocenters. The lowest BCUT2D eigenvalue weighted by atomic mass is 10.2. The highest BCUT2D eigenvalue weighted by atomic mass is 35.5. The molecule has 28 heavy (non-hydrogen) atoms. The van der Waals surface area contributed by atoms with Crippen LogP contribution in [0.25, 0.3) is 0 Å². The first kappa shape index (κ1) is 19.4. The van der Waals surface area contributed by atoms with E-state index in [4.69, 9.17) is 16.3 Å². The van der Waals surface area contributed by atoms with Crippen LogP contribution in [0, 0.1) is 6.92 Å². The number of aromatic nitrogens is 1. The van der Waals surface area contributed by atoms with Gasteiger partial charge in [0.05, 0.1) is 7.11 Å². The van der Waals surface area contributed by atoms with Gasteiger partial charge in [-0.15, -0.1) is 0 Å². The maximum absolute atomic E-state index is 12.5. The van der Waals surface area contributed by atoms with E-state index in [1.165, 1.54) is 18.3 Å². The van der Waals surface area contributed by atoms with Gasteiger partial charge in [-0.05, 0) is 61.0 Å². The Hall–Kier alpha value is -3.38. The van der Waals surface area contributed by atoms with Crippen LogP contribution in [0.3, 0.4) is 0 Å². The molecule has 0 saturated carbocycles. The summed E-state index contributed by atoms with van der Waals surface area (Å²) in [5, 5.41) is 6.05. The van der Waals surface area contributed by atoms with E-state index in [2.05, 4.69) is 15.6 Å². The van der Waals surface area contributed by atoms with Crippen molar-refractivity contribution in [1.82, 2.24) is 4.98 Å². The van der Waals surface area contributed by atoms with E-state index < -0.39 is 5.91 Å². The minimum absolute atomic E-state index is 0.130. The number of carbonyl (C=O) groups is 2. The molecule has 0 aliphatic heterocycles. The summed E-state index contributed by atoms with van der Waals surface area (Å²) in [5.74, 6) is -0.0926. The highest BCUT2D eigenvalue weighted by Crippen LogP contribution is 2.21. The van der Waals surface area contributed by atoms with Crippen molar-refractivity contribution in [2.24, 2.45) is 0 Å². The fourth-order valence-electron chi connectivity index (χ4n) is 2.44. The van der Waals surface area contributed by atoms with Crippen LogP contribution in [0.5, 0.6) is 5.75 Å². The smallest absolute Gasteiger partial charge is 0.274 e. The SMILES string of the molecule is COc1ccc(NC(=O)c2cc(C(=O)Nc3ccc(C)c(Cl)c3)ccn2)cc1. The fourth-order valence-corrected chi connectivity index (χ4v) is 2.62. The molecule has 0 aliphatic rings. The molecule has 3 aromatic rings. The molecule has 1 aromatic heterocycles. The number of pyridine rings is 1. The number of nitrogens with one attached hydrogen (secondary N) is 2. The lowest BCUT2D eigenvalue weighted by Crippen LogP contribution is -2.17. The molecule has 1 heterocycles. The lowest BCUT2D eigenvalue weighted by Gasteiger charge is -2.09. The standard InChI is InChI=1S/C21H18ClN3O3/c1-13-3-4-16(12-18(13)22)25-20(26)14-9-10-23-19(11-14)21(27)24-15-5-7-17(28-2)8-6-15/h3-12H,1-2H3,(H,24,27)(H,25,26). The van der Waals surface area contributed by atoms with E-state index in [1.54, 1.807) is 43.5 Å². The van der Waals surface area contributed by atoms with Crippen molar-refractivity contribution < 1.29 is 14.3 Å². The number of rotatable bonds is 5. The Bertz CT molecular complexity index is 1020. The molecular weight excluding hydrogens is 378 g/mol. The summed E-state index contributed by atoms with van der Waals surface area (Å²) in [7, 11) is 1.57. The molecular formula is C21H18ClN3O3. The molecule has 2 N–H and O–H groups in total. The van der Waals surface area contributed by atoms with Gasteiger partial charge in [-0.2, -0.15) is 0 Å². The van der Waals surface area contributed by atoms with Crippen molar-refractivity contribution in [3.63, 3.8) is 0 Å². The fraction of sp³-hybridized carbons (Fsp3) is 0.0952. The van der Waals surface area contributed by atoms with Crippen molar-refractivity contribution in [3.05, 3.63) is 82.6 Å². The zero-order chi connectivity index (χ0) is 20.1. The van der Waals surface area contributed by atoms with Crippen molar-refractivity contribution in [2.75, 3.05) is 17.7 Å². The van der Waals surface area contributed by atoms with Crippen LogP contribution in [-0.2, 0) is 0 Å². The second kappa shape index (κ2) is 8.54. The number of nitrogens with zero attached hydrogens (tertiary/aromatic N) is 1. The first-order valence-corrected chi connectivity index (χ1v) is 8.83. The van der Waals surface area contributed by atoms with E-state index in [0.29, 0.717) is 27.7 Å². The first-order valence-electron chi connectivity index (χ1n) is 8.45. The van der Waals surface area contributed by atoms with Crippen molar-refractivity contribution in [3.8, 4) is 5.75 Å². The van der Waals surface area contributed by atoms with E-state index in [9.17, 15) is 9.59 Å². The molecule has 3 rings (SSSR count). The van der Waals surface area contributed by atoms with Gasteiger partial charge in [-0.1, -0.05) is 17.7 Å². The number of aryl methyl sites for hydroxylation is 1. The van der Waals surface area contributed by atoms with E-state index in [1.807, 2.05) is 13.0 Å². The number of hydrogen-bond donors (Lipinski definition) is 2. The van der Waals surface area contributed by atoms with Crippen LogP contribution >= 0.6 is 11.6 Å². The Morgan fingerprint density at radius 3 is 2.29 bits per heavy atom. The van der Waals surface area contributed by atoms with Crippen LogP contribution in [0.1, 0.15) is 26.4 Å².